The van der Waals surface area contributed by atoms with E-state index in [4.69, 9.17) is 11.6 Å². The first-order chi connectivity index (χ1) is 18.5. The van der Waals surface area contributed by atoms with Crippen LogP contribution in [0.5, 0.6) is 0 Å². The van der Waals surface area contributed by atoms with Crippen LogP contribution in [0.4, 0.5) is 15.8 Å². The van der Waals surface area contributed by atoms with Gasteiger partial charge in [0.2, 0.25) is 0 Å². The van der Waals surface area contributed by atoms with E-state index in [1.807, 2.05) is 20.8 Å². The first kappa shape index (κ1) is 24.6. The molecule has 0 bridgehead atoms. The van der Waals surface area contributed by atoms with Gasteiger partial charge in [0.25, 0.3) is 0 Å². The van der Waals surface area contributed by atoms with Gasteiger partial charge in [-0.05, 0) is 48.1 Å². The summed E-state index contributed by atoms with van der Waals surface area (Å²) in [6, 6.07) is 9.51. The van der Waals surface area contributed by atoms with Crippen LogP contribution in [0, 0.1) is 22.6 Å². The maximum Gasteiger partial charge on any atom is 0.123 e. The lowest BCUT2D eigenvalue weighted by Crippen LogP contribution is -2.37. The van der Waals surface area contributed by atoms with E-state index in [1.165, 1.54) is 30.5 Å². The second-order valence-electron chi connectivity index (χ2n) is 10.6. The molecule has 5 rings (SSSR count). The highest BCUT2D eigenvalue weighted by atomic mass is 35.5. The van der Waals surface area contributed by atoms with Crippen molar-refractivity contribution in [1.29, 1.82) is 5.26 Å². The van der Waals surface area contributed by atoms with Crippen LogP contribution in [0.15, 0.2) is 48.8 Å². The summed E-state index contributed by atoms with van der Waals surface area (Å²) in [6.07, 6.45) is 5.20. The number of nitrogens with zero attached hydrogens (tertiary/aromatic N) is 5. The number of halogens is 2. The van der Waals surface area contributed by atoms with Crippen molar-refractivity contribution < 1.29 is 10.9 Å². The highest BCUT2D eigenvalue weighted by Crippen LogP contribution is 2.38. The number of aliphatic hydroxyl groups excluding tert-OH is 1. The average Bonchev–Trinajstić information content (AvgIpc) is 3.62. The van der Waals surface area contributed by atoms with Crippen molar-refractivity contribution in [3.63, 3.8) is 0 Å². The van der Waals surface area contributed by atoms with Crippen molar-refractivity contribution >= 4 is 33.9 Å². The smallest absolute Gasteiger partial charge is 0.123 e. The summed E-state index contributed by atoms with van der Waals surface area (Å²) < 4.78 is 25.1. The number of hydrogen-bond donors (Lipinski definition) is 3. The molecule has 2 aromatic heterocycles. The molecule has 1 unspecified atom stereocenters. The van der Waals surface area contributed by atoms with Crippen LogP contribution in [0.1, 0.15) is 63.9 Å². The first-order valence-electron chi connectivity index (χ1n) is 12.9. The lowest BCUT2D eigenvalue weighted by Gasteiger charge is -2.31. The van der Waals surface area contributed by atoms with Gasteiger partial charge in [-0.3, -0.25) is 4.98 Å². The topological polar surface area (TPSA) is 112 Å². The second kappa shape index (κ2) is 10.2. The number of aliphatic hydroxyl groups is 1. The van der Waals surface area contributed by atoms with E-state index in [0.717, 1.165) is 12.8 Å². The predicted molar refractivity (Wildman–Crippen MR) is 146 cm³/mol. The maximum atomic E-state index is 13.8. The molecule has 38 heavy (non-hydrogen) atoms. The molecular weight excluding hydrogens is 505 g/mol. The second-order valence-corrected chi connectivity index (χ2v) is 11.0. The van der Waals surface area contributed by atoms with Gasteiger partial charge >= 0.3 is 0 Å². The van der Waals surface area contributed by atoms with Crippen molar-refractivity contribution in [2.24, 2.45) is 5.41 Å². The van der Waals surface area contributed by atoms with E-state index in [0.29, 0.717) is 44.1 Å². The SMILES string of the molecule is [2H]C(Nc1cc(Cl)c2ncc(C#N)c(N[C@H](CO)C(C)(C)C)c2c1)(c1ccc(F)cc1)c1cn(C2CC2)nn1. The van der Waals surface area contributed by atoms with E-state index in [1.54, 1.807) is 23.0 Å². The fourth-order valence-electron chi connectivity index (χ4n) is 4.24. The number of fused-ring (bicyclic) bond motifs is 1. The minimum Gasteiger partial charge on any atom is -0.394 e. The Balaban J connectivity index is 1.63. The number of aromatic nitrogens is 4. The van der Waals surface area contributed by atoms with E-state index >= 15 is 0 Å². The van der Waals surface area contributed by atoms with Gasteiger partial charge in [-0.15, -0.1) is 5.10 Å². The van der Waals surface area contributed by atoms with Gasteiger partial charge in [0.15, 0.2) is 0 Å². The zero-order chi connectivity index (χ0) is 27.9. The Kier molecular flexibility index (Phi) is 6.60. The van der Waals surface area contributed by atoms with Gasteiger partial charge < -0.3 is 15.7 Å². The lowest BCUT2D eigenvalue weighted by atomic mass is 9.87. The molecule has 1 saturated carbocycles. The fraction of sp³-hybridized carbons (Fsp3) is 0.357. The minimum absolute atomic E-state index is 0.152. The van der Waals surface area contributed by atoms with E-state index < -0.39 is 11.8 Å². The average molecular weight is 535 g/mol. The molecule has 0 spiro atoms. The highest BCUT2D eigenvalue weighted by molar-refractivity contribution is 6.35. The monoisotopic (exact) mass is 534 g/mol. The standard InChI is InChI=1S/C28H29ClFN7O/c1-28(2,3)24(15-38)34-25-17(12-31)13-32-27-21(25)10-19(11-22(27)29)33-26(16-4-6-18(30)7-5-16)23-14-37(36-35-23)20-8-9-20/h4-7,10-11,13-14,20,24,26,33,38H,8-9,15H2,1-3H3,(H,32,34)/t24-,26?/m1/s1/i26D. The molecule has 3 N–H and O–H groups in total. The third kappa shape index (κ3) is 5.28. The molecule has 1 aliphatic carbocycles. The summed E-state index contributed by atoms with van der Waals surface area (Å²) >= 11 is 6.68. The van der Waals surface area contributed by atoms with Crippen molar-refractivity contribution in [3.8, 4) is 6.07 Å². The molecule has 0 saturated heterocycles. The van der Waals surface area contributed by atoms with Crippen molar-refractivity contribution in [3.05, 3.63) is 76.5 Å². The molecule has 0 radical (unpaired) electrons. The van der Waals surface area contributed by atoms with Gasteiger partial charge in [-0.2, -0.15) is 5.26 Å². The Labute approximate surface area is 226 Å². The van der Waals surface area contributed by atoms with Crippen molar-refractivity contribution in [1.82, 2.24) is 20.0 Å². The zero-order valence-corrected chi connectivity index (χ0v) is 22.1. The molecule has 196 valence electrons. The zero-order valence-electron chi connectivity index (χ0n) is 22.3. The number of anilines is 2. The summed E-state index contributed by atoms with van der Waals surface area (Å²) in [5.41, 5.74) is 2.19. The molecule has 0 amide bonds. The third-order valence-electron chi connectivity index (χ3n) is 6.68. The lowest BCUT2D eigenvalue weighted by molar-refractivity contribution is 0.202. The molecule has 2 atom stereocenters. The van der Waals surface area contributed by atoms with E-state index in [9.17, 15) is 16.1 Å². The fourth-order valence-corrected chi connectivity index (χ4v) is 4.50. The van der Waals surface area contributed by atoms with Gasteiger partial charge in [-0.25, -0.2) is 9.07 Å². The maximum absolute atomic E-state index is 13.8. The van der Waals surface area contributed by atoms with Gasteiger partial charge in [0.05, 0.1) is 54.1 Å². The predicted octanol–water partition coefficient (Wildman–Crippen LogP) is 5.85. The number of hydrogen-bond acceptors (Lipinski definition) is 7. The molecule has 1 fully saturated rings. The number of pyridine rings is 1. The summed E-state index contributed by atoms with van der Waals surface area (Å²) in [5, 5.41) is 35.9. The Hall–Kier alpha value is -3.74. The largest absolute Gasteiger partial charge is 0.394 e. The molecule has 2 heterocycles. The molecule has 10 heteroatoms. The third-order valence-corrected chi connectivity index (χ3v) is 6.97. The van der Waals surface area contributed by atoms with Gasteiger partial charge in [-0.1, -0.05) is 49.7 Å². The molecule has 0 aliphatic heterocycles. The summed E-state index contributed by atoms with van der Waals surface area (Å²) in [6.45, 7) is 5.81. The molecule has 2 aromatic carbocycles. The number of benzene rings is 2. The van der Waals surface area contributed by atoms with Crippen LogP contribution in [-0.2, 0) is 0 Å². The Morgan fingerprint density at radius 1 is 1.26 bits per heavy atom. The van der Waals surface area contributed by atoms with Crippen LogP contribution in [-0.4, -0.2) is 37.7 Å². The number of nitriles is 1. The van der Waals surface area contributed by atoms with Crippen LogP contribution in [0.25, 0.3) is 10.9 Å². The minimum atomic E-state index is -1.63. The Bertz CT molecular complexity index is 1560. The molecule has 1 aliphatic rings. The van der Waals surface area contributed by atoms with Crippen molar-refractivity contribution in [2.45, 2.75) is 51.7 Å². The molecule has 8 nitrogen and oxygen atoms in total. The van der Waals surface area contributed by atoms with E-state index in [2.05, 4.69) is 32.0 Å². The number of rotatable bonds is 8. The van der Waals surface area contributed by atoms with Gasteiger partial charge in [0.1, 0.15) is 17.6 Å². The summed E-state index contributed by atoms with van der Waals surface area (Å²) in [7, 11) is 0. The summed E-state index contributed by atoms with van der Waals surface area (Å²) in [4.78, 5) is 4.40. The van der Waals surface area contributed by atoms with Crippen molar-refractivity contribution in [2.75, 3.05) is 17.2 Å². The Morgan fingerprint density at radius 2 is 2.00 bits per heavy atom. The van der Waals surface area contributed by atoms with E-state index in [-0.39, 0.29) is 24.1 Å². The quantitative estimate of drug-likeness (QED) is 0.260. The highest BCUT2D eigenvalue weighted by Gasteiger charge is 2.28. The summed E-state index contributed by atoms with van der Waals surface area (Å²) in [5.74, 6) is -0.417. The normalized spacial score (nSPS) is 16.4. The molecule has 4 aromatic rings. The Morgan fingerprint density at radius 3 is 2.63 bits per heavy atom. The first-order valence-corrected chi connectivity index (χ1v) is 12.8. The van der Waals surface area contributed by atoms with Crippen LogP contribution >= 0.6 is 11.6 Å². The molecular formula is C28H29ClFN7O. The van der Waals surface area contributed by atoms with Crippen LogP contribution < -0.4 is 10.6 Å². The van der Waals surface area contributed by atoms with Gasteiger partial charge in [0, 0.05) is 17.3 Å². The number of nitrogens with one attached hydrogen (secondary N) is 2. The van der Waals surface area contributed by atoms with Crippen LogP contribution in [0.2, 0.25) is 5.02 Å². The van der Waals surface area contributed by atoms with Crippen LogP contribution in [0.3, 0.4) is 0 Å².